The number of carboxylic acid groups (broad SMARTS) is 1. The van der Waals surface area contributed by atoms with E-state index in [4.69, 9.17) is 14.6 Å². The largest absolute Gasteiger partial charge is 0.493 e. The first kappa shape index (κ1) is 16.8. The van der Waals surface area contributed by atoms with Gasteiger partial charge in [0.05, 0.1) is 19.1 Å². The fraction of sp³-hybridized carbons (Fsp3) is 0.467. The molecule has 1 rings (SSSR count). The molecule has 0 saturated carbocycles. The van der Waals surface area contributed by atoms with Crippen LogP contribution in [0.5, 0.6) is 11.5 Å². The number of carbonyl (C=O) groups is 2. The molecule has 21 heavy (non-hydrogen) atoms. The molecule has 1 atom stereocenters. The Bertz CT molecular complexity index is 513. The number of nitrogens with one attached hydrogen (secondary N) is 1. The summed E-state index contributed by atoms with van der Waals surface area (Å²) < 4.78 is 10.8. The highest BCUT2D eigenvalue weighted by molar-refractivity contribution is 5.95. The molecule has 0 aliphatic rings. The normalized spacial score (nSPS) is 11.9. The summed E-state index contributed by atoms with van der Waals surface area (Å²) >= 11 is 0. The second-order valence-electron chi connectivity index (χ2n) is 4.98. The molecular formula is C15H21NO5. The van der Waals surface area contributed by atoms with Gasteiger partial charge in [-0.15, -0.1) is 0 Å². The molecule has 0 fully saturated rings. The summed E-state index contributed by atoms with van der Waals surface area (Å²) in [5.41, 5.74) is 0.389. The summed E-state index contributed by atoms with van der Waals surface area (Å²) in [5.74, 6) is -0.920. The van der Waals surface area contributed by atoms with Crippen molar-refractivity contribution in [1.29, 1.82) is 0 Å². The van der Waals surface area contributed by atoms with E-state index in [2.05, 4.69) is 5.32 Å². The number of rotatable bonds is 7. The smallest absolute Gasteiger partial charge is 0.308 e. The first-order valence-corrected chi connectivity index (χ1v) is 6.70. The number of methoxy groups -OCH3 is 1. The Morgan fingerprint density at radius 1 is 1.24 bits per heavy atom. The van der Waals surface area contributed by atoms with Crippen LogP contribution >= 0.6 is 0 Å². The van der Waals surface area contributed by atoms with Crippen molar-refractivity contribution in [3.8, 4) is 11.5 Å². The van der Waals surface area contributed by atoms with Crippen LogP contribution in [0.15, 0.2) is 18.2 Å². The van der Waals surface area contributed by atoms with Crippen LogP contribution in [0.3, 0.4) is 0 Å². The minimum atomic E-state index is -0.950. The minimum Gasteiger partial charge on any atom is -0.493 e. The number of hydrogen-bond donors (Lipinski definition) is 2. The molecular weight excluding hydrogens is 274 g/mol. The maximum atomic E-state index is 12.0. The van der Waals surface area contributed by atoms with Gasteiger partial charge in [0.1, 0.15) is 0 Å². The van der Waals surface area contributed by atoms with Crippen LogP contribution in [0.1, 0.15) is 31.1 Å². The summed E-state index contributed by atoms with van der Waals surface area (Å²) in [6.45, 7) is 5.39. The summed E-state index contributed by atoms with van der Waals surface area (Å²) in [5, 5.41) is 11.4. The van der Waals surface area contributed by atoms with E-state index in [1.54, 1.807) is 18.2 Å². The van der Waals surface area contributed by atoms with Crippen LogP contribution in [0, 0.1) is 5.92 Å². The first-order chi connectivity index (χ1) is 9.85. The molecule has 6 nitrogen and oxygen atoms in total. The van der Waals surface area contributed by atoms with Gasteiger partial charge in [-0.2, -0.15) is 0 Å². The monoisotopic (exact) mass is 295 g/mol. The lowest BCUT2D eigenvalue weighted by atomic mass is 10.1. The number of amides is 1. The number of benzene rings is 1. The SMILES string of the molecule is COc1cc(C(=O)NCC(C)C(=O)O)ccc1OC(C)C. The van der Waals surface area contributed by atoms with Gasteiger partial charge in [-0.1, -0.05) is 6.92 Å². The van der Waals surface area contributed by atoms with Crippen molar-refractivity contribution in [1.82, 2.24) is 5.32 Å². The Morgan fingerprint density at radius 2 is 1.90 bits per heavy atom. The van der Waals surface area contributed by atoms with Gasteiger partial charge in [-0.3, -0.25) is 9.59 Å². The van der Waals surface area contributed by atoms with Crippen molar-refractivity contribution in [3.63, 3.8) is 0 Å². The Balaban J connectivity index is 2.79. The minimum absolute atomic E-state index is 0.00464. The highest BCUT2D eigenvalue weighted by atomic mass is 16.5. The van der Waals surface area contributed by atoms with Crippen LogP contribution in [-0.2, 0) is 4.79 Å². The second kappa shape index (κ2) is 7.52. The molecule has 0 aromatic heterocycles. The third kappa shape index (κ3) is 4.98. The number of ether oxygens (including phenoxy) is 2. The fourth-order valence-corrected chi connectivity index (χ4v) is 1.60. The topological polar surface area (TPSA) is 84.9 Å². The van der Waals surface area contributed by atoms with Gasteiger partial charge in [0, 0.05) is 12.1 Å². The number of aliphatic carboxylic acids is 1. The lowest BCUT2D eigenvalue weighted by Crippen LogP contribution is -2.31. The van der Waals surface area contributed by atoms with Crippen molar-refractivity contribution in [2.24, 2.45) is 5.92 Å². The molecule has 0 aliphatic heterocycles. The zero-order valence-electron chi connectivity index (χ0n) is 12.7. The van der Waals surface area contributed by atoms with Gasteiger partial charge in [0.25, 0.3) is 5.91 Å². The average Bonchev–Trinajstić information content (AvgIpc) is 2.43. The van der Waals surface area contributed by atoms with Crippen LogP contribution in [0.25, 0.3) is 0 Å². The summed E-state index contributed by atoms with van der Waals surface area (Å²) in [6.07, 6.45) is -0.00464. The van der Waals surface area contributed by atoms with Gasteiger partial charge >= 0.3 is 5.97 Å². The average molecular weight is 295 g/mol. The Morgan fingerprint density at radius 3 is 2.43 bits per heavy atom. The highest BCUT2D eigenvalue weighted by Gasteiger charge is 2.15. The predicted octanol–water partition coefficient (Wildman–Crippen LogP) is 1.93. The number of carboxylic acids is 1. The fourth-order valence-electron chi connectivity index (χ4n) is 1.60. The van der Waals surface area contributed by atoms with Gasteiger partial charge in [0.15, 0.2) is 11.5 Å². The first-order valence-electron chi connectivity index (χ1n) is 6.70. The zero-order chi connectivity index (χ0) is 16.0. The molecule has 0 spiro atoms. The highest BCUT2D eigenvalue weighted by Crippen LogP contribution is 2.28. The number of carbonyl (C=O) groups excluding carboxylic acids is 1. The molecule has 0 radical (unpaired) electrons. The second-order valence-corrected chi connectivity index (χ2v) is 4.98. The van der Waals surface area contributed by atoms with Crippen molar-refractivity contribution >= 4 is 11.9 Å². The quantitative estimate of drug-likeness (QED) is 0.803. The molecule has 0 heterocycles. The third-order valence-electron chi connectivity index (χ3n) is 2.78. The van der Waals surface area contributed by atoms with Gasteiger partial charge in [-0.05, 0) is 32.0 Å². The third-order valence-corrected chi connectivity index (χ3v) is 2.78. The van der Waals surface area contributed by atoms with E-state index in [0.29, 0.717) is 17.1 Å². The van der Waals surface area contributed by atoms with Crippen molar-refractivity contribution in [3.05, 3.63) is 23.8 Å². The van der Waals surface area contributed by atoms with E-state index in [-0.39, 0.29) is 18.6 Å². The van der Waals surface area contributed by atoms with Gasteiger partial charge < -0.3 is 19.9 Å². The Kier molecular flexibility index (Phi) is 6.02. The molecule has 6 heteroatoms. The van der Waals surface area contributed by atoms with E-state index in [0.717, 1.165) is 0 Å². The lowest BCUT2D eigenvalue weighted by molar-refractivity contribution is -0.140. The summed E-state index contributed by atoms with van der Waals surface area (Å²) in [6, 6.07) is 4.84. The van der Waals surface area contributed by atoms with E-state index >= 15 is 0 Å². The molecule has 0 saturated heterocycles. The molecule has 116 valence electrons. The maximum Gasteiger partial charge on any atom is 0.308 e. The Hall–Kier alpha value is -2.24. The van der Waals surface area contributed by atoms with Crippen LogP contribution in [0.2, 0.25) is 0 Å². The van der Waals surface area contributed by atoms with Crippen LogP contribution in [-0.4, -0.2) is 36.7 Å². The Labute approximate surface area is 124 Å². The summed E-state index contributed by atoms with van der Waals surface area (Å²) in [4.78, 5) is 22.7. The van der Waals surface area contributed by atoms with E-state index in [9.17, 15) is 9.59 Å². The molecule has 1 aromatic carbocycles. The molecule has 1 unspecified atom stereocenters. The van der Waals surface area contributed by atoms with Crippen molar-refractivity contribution in [2.45, 2.75) is 26.9 Å². The van der Waals surface area contributed by atoms with Crippen LogP contribution in [0.4, 0.5) is 0 Å². The zero-order valence-corrected chi connectivity index (χ0v) is 12.7. The van der Waals surface area contributed by atoms with E-state index < -0.39 is 11.9 Å². The predicted molar refractivity (Wildman–Crippen MR) is 77.9 cm³/mol. The maximum absolute atomic E-state index is 12.0. The van der Waals surface area contributed by atoms with Gasteiger partial charge in [-0.25, -0.2) is 0 Å². The van der Waals surface area contributed by atoms with Crippen LogP contribution < -0.4 is 14.8 Å². The van der Waals surface area contributed by atoms with Gasteiger partial charge in [0.2, 0.25) is 0 Å². The van der Waals surface area contributed by atoms with E-state index in [1.165, 1.54) is 14.0 Å². The van der Waals surface area contributed by atoms with Crippen molar-refractivity contribution < 1.29 is 24.2 Å². The molecule has 1 aromatic rings. The molecule has 0 bridgehead atoms. The molecule has 0 aliphatic carbocycles. The lowest BCUT2D eigenvalue weighted by Gasteiger charge is -2.14. The van der Waals surface area contributed by atoms with E-state index in [1.807, 2.05) is 13.8 Å². The number of hydrogen-bond acceptors (Lipinski definition) is 4. The van der Waals surface area contributed by atoms with Crippen molar-refractivity contribution in [2.75, 3.05) is 13.7 Å². The standard InChI is InChI=1S/C15H21NO5/c1-9(2)21-12-6-5-11(7-13(12)20-4)14(17)16-8-10(3)15(18)19/h5-7,9-10H,8H2,1-4H3,(H,16,17)(H,18,19). The molecule has 1 amide bonds. The summed E-state index contributed by atoms with van der Waals surface area (Å²) in [7, 11) is 1.50. The molecule has 2 N–H and O–H groups in total.